The lowest BCUT2D eigenvalue weighted by atomic mass is 9.96. The third-order valence-electron chi connectivity index (χ3n) is 4.12. The Morgan fingerprint density at radius 2 is 1.71 bits per heavy atom. The zero-order chi connectivity index (χ0) is 17.5. The average molecular weight is 352 g/mol. The molecule has 7 heteroatoms. The van der Waals surface area contributed by atoms with E-state index in [1.807, 2.05) is 0 Å². The minimum atomic E-state index is -0.473. The molecule has 0 atom stereocenters. The van der Waals surface area contributed by atoms with Gasteiger partial charge in [-0.2, -0.15) is 0 Å². The van der Waals surface area contributed by atoms with E-state index in [-0.39, 0.29) is 0 Å². The SMILES string of the molecule is COC(=O)c1cc(OC)c(OC)cc1NC(=S)NC1CCCCC1. The van der Waals surface area contributed by atoms with Crippen molar-refractivity contribution in [3.05, 3.63) is 17.7 Å². The maximum absolute atomic E-state index is 12.1. The Hall–Kier alpha value is -2.02. The minimum absolute atomic E-state index is 0.336. The highest BCUT2D eigenvalue weighted by atomic mass is 32.1. The summed E-state index contributed by atoms with van der Waals surface area (Å²) in [4.78, 5) is 12.1. The molecule has 1 aliphatic carbocycles. The van der Waals surface area contributed by atoms with Crippen molar-refractivity contribution in [3.63, 3.8) is 0 Å². The first-order chi connectivity index (χ1) is 11.6. The summed E-state index contributed by atoms with van der Waals surface area (Å²) in [5, 5.41) is 6.88. The van der Waals surface area contributed by atoms with Crippen molar-refractivity contribution in [1.29, 1.82) is 0 Å². The number of anilines is 1. The summed E-state index contributed by atoms with van der Waals surface area (Å²) in [5.74, 6) is 0.488. The molecule has 132 valence electrons. The van der Waals surface area contributed by atoms with E-state index in [0.717, 1.165) is 12.8 Å². The fourth-order valence-corrected chi connectivity index (χ4v) is 3.13. The predicted octanol–water partition coefficient (Wildman–Crippen LogP) is 3.11. The van der Waals surface area contributed by atoms with Crippen molar-refractivity contribution in [3.8, 4) is 11.5 Å². The van der Waals surface area contributed by atoms with Gasteiger partial charge in [0.25, 0.3) is 0 Å². The van der Waals surface area contributed by atoms with Gasteiger partial charge in [-0.15, -0.1) is 0 Å². The molecule has 1 fully saturated rings. The third kappa shape index (κ3) is 4.50. The van der Waals surface area contributed by atoms with Crippen LogP contribution in [0.3, 0.4) is 0 Å². The zero-order valence-corrected chi connectivity index (χ0v) is 15.1. The molecule has 0 unspecified atom stereocenters. The fraction of sp³-hybridized carbons (Fsp3) is 0.529. The molecule has 1 aromatic carbocycles. The first-order valence-electron chi connectivity index (χ1n) is 8.01. The number of carbonyl (C=O) groups is 1. The lowest BCUT2D eigenvalue weighted by Crippen LogP contribution is -2.39. The van der Waals surface area contributed by atoms with E-state index in [2.05, 4.69) is 10.6 Å². The number of benzene rings is 1. The van der Waals surface area contributed by atoms with Crippen molar-refractivity contribution in [2.75, 3.05) is 26.6 Å². The summed E-state index contributed by atoms with van der Waals surface area (Å²) >= 11 is 5.39. The largest absolute Gasteiger partial charge is 0.493 e. The van der Waals surface area contributed by atoms with Gasteiger partial charge in [0.1, 0.15) is 0 Å². The summed E-state index contributed by atoms with van der Waals surface area (Å²) in [6.45, 7) is 0. The molecule has 0 aromatic heterocycles. The molecule has 6 nitrogen and oxygen atoms in total. The van der Waals surface area contributed by atoms with Crippen LogP contribution in [0, 0.1) is 0 Å². The molecule has 2 rings (SSSR count). The van der Waals surface area contributed by atoms with E-state index in [9.17, 15) is 4.79 Å². The molecular weight excluding hydrogens is 328 g/mol. The second-order valence-corrected chi connectivity index (χ2v) is 6.09. The molecule has 0 bridgehead atoms. The number of nitrogens with one attached hydrogen (secondary N) is 2. The Morgan fingerprint density at radius 3 is 2.29 bits per heavy atom. The van der Waals surface area contributed by atoms with Crippen LogP contribution >= 0.6 is 12.2 Å². The highest BCUT2D eigenvalue weighted by molar-refractivity contribution is 7.80. The van der Waals surface area contributed by atoms with E-state index in [1.165, 1.54) is 40.6 Å². The smallest absolute Gasteiger partial charge is 0.340 e. The molecule has 0 amide bonds. The van der Waals surface area contributed by atoms with Gasteiger partial charge in [-0.3, -0.25) is 0 Å². The van der Waals surface area contributed by atoms with Crippen LogP contribution in [0.4, 0.5) is 5.69 Å². The van der Waals surface area contributed by atoms with Crippen LogP contribution < -0.4 is 20.1 Å². The number of carbonyl (C=O) groups excluding carboxylic acids is 1. The molecule has 0 radical (unpaired) electrons. The number of thiocarbonyl (C=S) groups is 1. The van der Waals surface area contributed by atoms with E-state index in [1.54, 1.807) is 12.1 Å². The summed E-state index contributed by atoms with van der Waals surface area (Å²) in [6.07, 6.45) is 5.92. The minimum Gasteiger partial charge on any atom is -0.493 e. The van der Waals surface area contributed by atoms with Crippen LogP contribution in [0.1, 0.15) is 42.5 Å². The number of ether oxygens (including phenoxy) is 3. The maximum atomic E-state index is 12.1. The lowest BCUT2D eigenvalue weighted by molar-refractivity contribution is 0.0601. The van der Waals surface area contributed by atoms with Crippen molar-refractivity contribution in [2.24, 2.45) is 0 Å². The quantitative estimate of drug-likeness (QED) is 0.623. The van der Waals surface area contributed by atoms with Crippen LogP contribution in [-0.4, -0.2) is 38.5 Å². The van der Waals surface area contributed by atoms with Crippen molar-refractivity contribution in [2.45, 2.75) is 38.1 Å². The first kappa shape index (κ1) is 18.3. The van der Waals surface area contributed by atoms with Crippen LogP contribution in [0.2, 0.25) is 0 Å². The van der Waals surface area contributed by atoms with Gasteiger partial charge < -0.3 is 24.8 Å². The van der Waals surface area contributed by atoms with E-state index in [0.29, 0.717) is 33.9 Å². The molecule has 0 spiro atoms. The molecule has 0 heterocycles. The van der Waals surface area contributed by atoms with Gasteiger partial charge in [0.05, 0.1) is 32.6 Å². The molecule has 1 saturated carbocycles. The topological polar surface area (TPSA) is 68.8 Å². The highest BCUT2D eigenvalue weighted by Crippen LogP contribution is 2.33. The second kappa shape index (κ2) is 8.73. The van der Waals surface area contributed by atoms with Crippen molar-refractivity contribution in [1.82, 2.24) is 5.32 Å². The normalized spacial score (nSPS) is 14.6. The maximum Gasteiger partial charge on any atom is 0.340 e. The summed E-state index contributed by atoms with van der Waals surface area (Å²) in [5.41, 5.74) is 0.857. The average Bonchev–Trinajstić information content (AvgIpc) is 2.61. The van der Waals surface area contributed by atoms with Gasteiger partial charge in [-0.1, -0.05) is 19.3 Å². The molecule has 2 N–H and O–H groups in total. The van der Waals surface area contributed by atoms with Crippen LogP contribution in [0.15, 0.2) is 12.1 Å². The number of methoxy groups -OCH3 is 3. The molecule has 1 aliphatic rings. The Labute approximate surface area is 147 Å². The van der Waals surface area contributed by atoms with E-state index in [4.69, 9.17) is 26.4 Å². The Balaban J connectivity index is 2.19. The molecule has 0 saturated heterocycles. The molecule has 24 heavy (non-hydrogen) atoms. The zero-order valence-electron chi connectivity index (χ0n) is 14.3. The Morgan fingerprint density at radius 1 is 1.08 bits per heavy atom. The van der Waals surface area contributed by atoms with Crippen molar-refractivity contribution >= 4 is 29.0 Å². The summed E-state index contributed by atoms with van der Waals surface area (Å²) < 4.78 is 15.4. The van der Waals surface area contributed by atoms with Gasteiger partial charge >= 0.3 is 5.97 Å². The van der Waals surface area contributed by atoms with Crippen LogP contribution in [0.5, 0.6) is 11.5 Å². The van der Waals surface area contributed by atoms with E-state index < -0.39 is 5.97 Å². The number of hydrogen-bond acceptors (Lipinski definition) is 5. The first-order valence-corrected chi connectivity index (χ1v) is 8.41. The van der Waals surface area contributed by atoms with Gasteiger partial charge in [0.15, 0.2) is 16.6 Å². The summed E-state index contributed by atoms with van der Waals surface area (Å²) in [7, 11) is 4.39. The van der Waals surface area contributed by atoms with Gasteiger partial charge in [-0.25, -0.2) is 4.79 Å². The van der Waals surface area contributed by atoms with Crippen LogP contribution in [-0.2, 0) is 4.74 Å². The number of rotatable bonds is 5. The number of esters is 1. The van der Waals surface area contributed by atoms with Crippen molar-refractivity contribution < 1.29 is 19.0 Å². The molecule has 0 aliphatic heterocycles. The Kier molecular flexibility index (Phi) is 6.66. The molecule has 1 aromatic rings. The highest BCUT2D eigenvalue weighted by Gasteiger charge is 2.19. The van der Waals surface area contributed by atoms with Crippen LogP contribution in [0.25, 0.3) is 0 Å². The second-order valence-electron chi connectivity index (χ2n) is 5.68. The Bertz CT molecular complexity index is 600. The molecular formula is C17H24N2O4S. The third-order valence-corrected chi connectivity index (χ3v) is 4.34. The van der Waals surface area contributed by atoms with Gasteiger partial charge in [0.2, 0.25) is 0 Å². The standard InChI is InChI=1S/C17H24N2O4S/c1-21-14-9-12(16(20)23-3)13(10-15(14)22-2)19-17(24)18-11-7-5-4-6-8-11/h9-11H,4-8H2,1-3H3,(H2,18,19,24). The monoisotopic (exact) mass is 352 g/mol. The van der Waals surface area contributed by atoms with Gasteiger partial charge in [-0.05, 0) is 25.1 Å². The number of hydrogen-bond donors (Lipinski definition) is 2. The van der Waals surface area contributed by atoms with Gasteiger partial charge in [0, 0.05) is 18.2 Å². The predicted molar refractivity (Wildman–Crippen MR) is 97.1 cm³/mol. The lowest BCUT2D eigenvalue weighted by Gasteiger charge is -2.25. The fourth-order valence-electron chi connectivity index (χ4n) is 2.85. The summed E-state index contributed by atoms with van der Waals surface area (Å²) in [6, 6.07) is 3.64. The van der Waals surface area contributed by atoms with E-state index >= 15 is 0 Å².